The average Bonchev–Trinajstić information content (AvgIpc) is 2.81. The van der Waals surface area contributed by atoms with Crippen LogP contribution in [-0.2, 0) is 16.0 Å². The highest BCUT2D eigenvalue weighted by Crippen LogP contribution is 2.18. The van der Waals surface area contributed by atoms with E-state index in [2.05, 4.69) is 10.3 Å². The van der Waals surface area contributed by atoms with Gasteiger partial charge in [0.05, 0.1) is 6.42 Å². The number of aromatic amines is 1. The number of para-hydroxylation sites is 1. The van der Waals surface area contributed by atoms with Crippen molar-refractivity contribution in [3.8, 4) is 0 Å². The molecule has 1 amide bonds. The van der Waals surface area contributed by atoms with Gasteiger partial charge in [-0.25, -0.2) is 4.79 Å². The van der Waals surface area contributed by atoms with Gasteiger partial charge in [-0.05, 0) is 18.1 Å². The first-order chi connectivity index (χ1) is 9.61. The number of hydrogen-bond acceptors (Lipinski definition) is 2. The van der Waals surface area contributed by atoms with Gasteiger partial charge in [0.2, 0.25) is 5.91 Å². The molecule has 3 N–H and O–H groups in total. The van der Waals surface area contributed by atoms with Crippen LogP contribution in [0.3, 0.4) is 0 Å². The Morgan fingerprint density at radius 1 is 1.35 bits per heavy atom. The Bertz CT molecular complexity index is 618. The number of aliphatic carboxylic acids is 1. The Labute approximate surface area is 117 Å². The number of hydrogen-bond donors (Lipinski definition) is 3. The van der Waals surface area contributed by atoms with E-state index < -0.39 is 12.0 Å². The lowest BCUT2D eigenvalue weighted by molar-refractivity contribution is -0.141. The summed E-state index contributed by atoms with van der Waals surface area (Å²) in [4.78, 5) is 26.1. The van der Waals surface area contributed by atoms with E-state index in [9.17, 15) is 9.59 Å². The fourth-order valence-corrected chi connectivity index (χ4v) is 2.24. The van der Waals surface area contributed by atoms with Crippen LogP contribution in [0.5, 0.6) is 0 Å². The smallest absolute Gasteiger partial charge is 0.326 e. The molecule has 0 fully saturated rings. The van der Waals surface area contributed by atoms with Gasteiger partial charge in [-0.1, -0.05) is 31.5 Å². The van der Waals surface area contributed by atoms with Crippen LogP contribution in [0.2, 0.25) is 0 Å². The highest BCUT2D eigenvalue weighted by molar-refractivity contribution is 5.90. The summed E-state index contributed by atoms with van der Waals surface area (Å²) in [6, 6.07) is 6.90. The lowest BCUT2D eigenvalue weighted by Gasteiger charge is -2.13. The third-order valence-corrected chi connectivity index (χ3v) is 3.24. The topological polar surface area (TPSA) is 82.2 Å². The molecule has 0 saturated carbocycles. The van der Waals surface area contributed by atoms with Gasteiger partial charge >= 0.3 is 5.97 Å². The highest BCUT2D eigenvalue weighted by atomic mass is 16.4. The minimum Gasteiger partial charge on any atom is -0.480 e. The van der Waals surface area contributed by atoms with Crippen LogP contribution in [0.15, 0.2) is 30.5 Å². The normalized spacial score (nSPS) is 12.2. The van der Waals surface area contributed by atoms with E-state index in [0.717, 1.165) is 16.5 Å². The molecule has 0 aliphatic heterocycles. The van der Waals surface area contributed by atoms with Crippen LogP contribution in [-0.4, -0.2) is 28.0 Å². The van der Waals surface area contributed by atoms with Crippen molar-refractivity contribution in [2.45, 2.75) is 32.2 Å². The molecule has 5 heteroatoms. The Balaban J connectivity index is 2.06. The van der Waals surface area contributed by atoms with E-state index in [1.807, 2.05) is 31.2 Å². The Morgan fingerprint density at radius 3 is 2.80 bits per heavy atom. The molecule has 20 heavy (non-hydrogen) atoms. The minimum absolute atomic E-state index is 0.178. The van der Waals surface area contributed by atoms with Gasteiger partial charge in [-0.15, -0.1) is 0 Å². The zero-order valence-corrected chi connectivity index (χ0v) is 11.3. The number of fused-ring (bicyclic) bond motifs is 1. The number of nitrogens with one attached hydrogen (secondary N) is 2. The van der Waals surface area contributed by atoms with Gasteiger partial charge in [0.1, 0.15) is 6.04 Å². The van der Waals surface area contributed by atoms with Crippen molar-refractivity contribution in [2.24, 2.45) is 0 Å². The molecule has 1 heterocycles. The van der Waals surface area contributed by atoms with Gasteiger partial charge in [-0.3, -0.25) is 4.79 Å². The van der Waals surface area contributed by atoms with Gasteiger partial charge < -0.3 is 15.4 Å². The zero-order valence-electron chi connectivity index (χ0n) is 11.3. The van der Waals surface area contributed by atoms with E-state index in [0.29, 0.717) is 12.8 Å². The van der Waals surface area contributed by atoms with E-state index in [4.69, 9.17) is 5.11 Å². The second kappa shape index (κ2) is 6.23. The summed E-state index contributed by atoms with van der Waals surface area (Å²) in [5.41, 5.74) is 1.84. The largest absolute Gasteiger partial charge is 0.480 e. The number of benzene rings is 1. The average molecular weight is 274 g/mol. The predicted molar refractivity (Wildman–Crippen MR) is 76.5 cm³/mol. The molecule has 1 unspecified atom stereocenters. The van der Waals surface area contributed by atoms with Crippen LogP contribution in [0.4, 0.5) is 0 Å². The monoisotopic (exact) mass is 274 g/mol. The zero-order chi connectivity index (χ0) is 14.5. The summed E-state index contributed by atoms with van der Waals surface area (Å²) in [7, 11) is 0. The van der Waals surface area contributed by atoms with Gasteiger partial charge in [0.25, 0.3) is 0 Å². The molecule has 0 spiro atoms. The highest BCUT2D eigenvalue weighted by Gasteiger charge is 2.19. The second-order valence-electron chi connectivity index (χ2n) is 4.78. The molecule has 1 atom stereocenters. The van der Waals surface area contributed by atoms with E-state index in [1.165, 1.54) is 0 Å². The maximum absolute atomic E-state index is 12.0. The van der Waals surface area contributed by atoms with E-state index >= 15 is 0 Å². The van der Waals surface area contributed by atoms with Crippen molar-refractivity contribution in [1.29, 1.82) is 0 Å². The first kappa shape index (κ1) is 14.1. The standard InChI is InChI=1S/C15H18N2O3/c1-2-5-13(15(19)20)17-14(18)8-10-9-16-12-7-4-3-6-11(10)12/h3-4,6-7,9,13,16H,2,5,8H2,1H3,(H,17,18)(H,19,20). The molecule has 2 rings (SSSR count). The van der Waals surface area contributed by atoms with Crippen molar-refractivity contribution in [1.82, 2.24) is 10.3 Å². The van der Waals surface area contributed by atoms with Crippen molar-refractivity contribution >= 4 is 22.8 Å². The van der Waals surface area contributed by atoms with Gasteiger partial charge in [-0.2, -0.15) is 0 Å². The summed E-state index contributed by atoms with van der Waals surface area (Å²) in [5, 5.41) is 12.6. The van der Waals surface area contributed by atoms with Crippen LogP contribution in [0, 0.1) is 0 Å². The number of aromatic nitrogens is 1. The van der Waals surface area contributed by atoms with E-state index in [-0.39, 0.29) is 12.3 Å². The number of rotatable bonds is 6. The number of amides is 1. The SMILES string of the molecule is CCCC(NC(=O)Cc1c[nH]c2ccccc12)C(=O)O. The molecule has 0 aliphatic carbocycles. The van der Waals surface area contributed by atoms with Gasteiger partial charge in [0, 0.05) is 17.1 Å². The molecule has 5 nitrogen and oxygen atoms in total. The van der Waals surface area contributed by atoms with E-state index in [1.54, 1.807) is 6.20 Å². The lowest BCUT2D eigenvalue weighted by Crippen LogP contribution is -2.41. The third-order valence-electron chi connectivity index (χ3n) is 3.24. The molecular formula is C15H18N2O3. The summed E-state index contributed by atoms with van der Waals surface area (Å²) < 4.78 is 0. The predicted octanol–water partition coefficient (Wildman–Crippen LogP) is 2.08. The summed E-state index contributed by atoms with van der Waals surface area (Å²) in [5.74, 6) is -1.25. The summed E-state index contributed by atoms with van der Waals surface area (Å²) in [6.07, 6.45) is 3.12. The molecule has 1 aromatic carbocycles. The van der Waals surface area contributed by atoms with Crippen LogP contribution in [0.25, 0.3) is 10.9 Å². The molecule has 2 aromatic rings. The van der Waals surface area contributed by atoms with Crippen molar-refractivity contribution in [3.05, 3.63) is 36.0 Å². The Morgan fingerprint density at radius 2 is 2.10 bits per heavy atom. The van der Waals surface area contributed by atoms with Crippen LogP contribution >= 0.6 is 0 Å². The summed E-state index contributed by atoms with van der Waals surface area (Å²) in [6.45, 7) is 1.89. The molecule has 106 valence electrons. The Hall–Kier alpha value is -2.30. The molecular weight excluding hydrogens is 256 g/mol. The second-order valence-corrected chi connectivity index (χ2v) is 4.78. The molecule has 0 saturated heterocycles. The van der Waals surface area contributed by atoms with Crippen LogP contribution < -0.4 is 5.32 Å². The third kappa shape index (κ3) is 3.17. The fourth-order valence-electron chi connectivity index (χ4n) is 2.24. The number of carboxylic acid groups (broad SMARTS) is 1. The number of H-pyrrole nitrogens is 1. The number of carboxylic acids is 1. The van der Waals surface area contributed by atoms with Crippen LogP contribution in [0.1, 0.15) is 25.3 Å². The van der Waals surface area contributed by atoms with Crippen molar-refractivity contribution in [2.75, 3.05) is 0 Å². The maximum atomic E-state index is 12.0. The molecule has 0 bridgehead atoms. The first-order valence-corrected chi connectivity index (χ1v) is 6.69. The molecule has 1 aromatic heterocycles. The van der Waals surface area contributed by atoms with Crippen molar-refractivity contribution < 1.29 is 14.7 Å². The van der Waals surface area contributed by atoms with Gasteiger partial charge in [0.15, 0.2) is 0 Å². The maximum Gasteiger partial charge on any atom is 0.326 e. The number of carbonyl (C=O) groups is 2. The summed E-state index contributed by atoms with van der Waals surface area (Å²) >= 11 is 0. The fraction of sp³-hybridized carbons (Fsp3) is 0.333. The first-order valence-electron chi connectivity index (χ1n) is 6.69. The molecule has 0 radical (unpaired) electrons. The molecule has 0 aliphatic rings. The van der Waals surface area contributed by atoms with Crippen molar-refractivity contribution in [3.63, 3.8) is 0 Å². The minimum atomic E-state index is -0.987. The Kier molecular flexibility index (Phi) is 4.40. The number of carbonyl (C=O) groups excluding carboxylic acids is 1. The lowest BCUT2D eigenvalue weighted by atomic mass is 10.1. The quantitative estimate of drug-likeness (QED) is 0.754.